The summed E-state index contributed by atoms with van der Waals surface area (Å²) in [6, 6.07) is 6.99. The number of hydrogen-bond donors (Lipinski definition) is 0. The monoisotopic (exact) mass is 504 g/mol. The van der Waals surface area contributed by atoms with Crippen molar-refractivity contribution in [3.05, 3.63) is 41.3 Å². The third-order valence-electron chi connectivity index (χ3n) is 5.89. The fourth-order valence-corrected chi connectivity index (χ4v) is 5.22. The van der Waals surface area contributed by atoms with Gasteiger partial charge in [-0.05, 0) is 52.2 Å². The number of pyridine rings is 1. The van der Waals surface area contributed by atoms with Crippen LogP contribution < -0.4 is 4.90 Å². The SMILES string of the molecule is CC(C)(C)OC(=O)c1c(N2CCCCC2)cn(-c2ncccc2C#N)c1CC(=O)C1=NC(C#N)CS1. The molecule has 0 bridgehead atoms. The van der Waals surface area contributed by atoms with E-state index in [1.165, 1.54) is 11.8 Å². The molecule has 2 aromatic rings. The molecule has 0 saturated carbocycles. The van der Waals surface area contributed by atoms with Gasteiger partial charge in [0.25, 0.3) is 0 Å². The highest BCUT2D eigenvalue weighted by atomic mass is 32.2. The van der Waals surface area contributed by atoms with Crippen LogP contribution in [0.25, 0.3) is 5.82 Å². The van der Waals surface area contributed by atoms with Crippen molar-refractivity contribution in [3.63, 3.8) is 0 Å². The maximum absolute atomic E-state index is 13.6. The largest absolute Gasteiger partial charge is 0.456 e. The Labute approximate surface area is 214 Å². The maximum atomic E-state index is 13.6. The Morgan fingerprint density at radius 2 is 1.97 bits per heavy atom. The number of ketones is 1. The van der Waals surface area contributed by atoms with Crippen LogP contribution in [0.3, 0.4) is 0 Å². The normalized spacial score (nSPS) is 17.8. The molecule has 0 N–H and O–H groups in total. The molecule has 10 heteroatoms. The lowest BCUT2D eigenvalue weighted by molar-refractivity contribution is -0.112. The second-order valence-corrected chi connectivity index (χ2v) is 10.7. The Balaban J connectivity index is 1.89. The van der Waals surface area contributed by atoms with E-state index in [2.05, 4.69) is 27.0 Å². The van der Waals surface area contributed by atoms with Gasteiger partial charge in [-0.15, -0.1) is 0 Å². The number of aromatic nitrogens is 2. The number of thioether (sulfide) groups is 1. The summed E-state index contributed by atoms with van der Waals surface area (Å²) in [6.45, 7) is 6.93. The van der Waals surface area contributed by atoms with Gasteiger partial charge >= 0.3 is 5.97 Å². The fourth-order valence-electron chi connectivity index (χ4n) is 4.32. The molecule has 1 saturated heterocycles. The minimum Gasteiger partial charge on any atom is -0.456 e. The van der Waals surface area contributed by atoms with Crippen molar-refractivity contribution in [2.75, 3.05) is 23.7 Å². The molecule has 186 valence electrons. The van der Waals surface area contributed by atoms with Crippen LogP contribution in [0.15, 0.2) is 29.5 Å². The number of piperidine rings is 1. The van der Waals surface area contributed by atoms with E-state index in [9.17, 15) is 20.1 Å². The first-order valence-corrected chi connectivity index (χ1v) is 12.9. The molecular formula is C26H28N6O3S. The molecule has 2 aromatic heterocycles. The Morgan fingerprint density at radius 3 is 2.61 bits per heavy atom. The smallest absolute Gasteiger partial charge is 0.342 e. The van der Waals surface area contributed by atoms with Gasteiger partial charge in [0.1, 0.15) is 28.3 Å². The van der Waals surface area contributed by atoms with Crippen molar-refractivity contribution in [2.45, 2.75) is 58.1 Å². The lowest BCUT2D eigenvalue weighted by atomic mass is 10.1. The Kier molecular flexibility index (Phi) is 7.46. The van der Waals surface area contributed by atoms with Gasteiger partial charge < -0.3 is 14.2 Å². The summed E-state index contributed by atoms with van der Waals surface area (Å²) in [5.74, 6) is -0.0571. The van der Waals surface area contributed by atoms with Gasteiger partial charge in [0.05, 0.1) is 23.7 Å². The Bertz CT molecular complexity index is 1290. The van der Waals surface area contributed by atoms with Crippen molar-refractivity contribution in [2.24, 2.45) is 4.99 Å². The first-order valence-electron chi connectivity index (χ1n) is 11.9. The molecule has 0 amide bonds. The highest BCUT2D eigenvalue weighted by molar-refractivity contribution is 8.16. The van der Waals surface area contributed by atoms with Crippen molar-refractivity contribution >= 4 is 34.2 Å². The topological polar surface area (TPSA) is 124 Å². The number of carbonyl (C=O) groups excluding carboxylic acids is 2. The number of rotatable bonds is 6. The number of aliphatic imine (C=N–C) groups is 1. The van der Waals surface area contributed by atoms with Crippen molar-refractivity contribution in [1.82, 2.24) is 9.55 Å². The quantitative estimate of drug-likeness (QED) is 0.544. The molecule has 0 aromatic carbocycles. The highest BCUT2D eigenvalue weighted by Crippen LogP contribution is 2.34. The zero-order chi connectivity index (χ0) is 25.9. The van der Waals surface area contributed by atoms with Crippen LogP contribution in [-0.4, -0.2) is 56.8 Å². The fraction of sp³-hybridized carbons (Fsp3) is 0.462. The minimum absolute atomic E-state index is 0.145. The van der Waals surface area contributed by atoms with E-state index in [0.717, 1.165) is 32.4 Å². The lowest BCUT2D eigenvalue weighted by Gasteiger charge is -2.29. The number of hydrogen-bond acceptors (Lipinski definition) is 9. The molecule has 2 aliphatic heterocycles. The van der Waals surface area contributed by atoms with Crippen LogP contribution in [0.5, 0.6) is 0 Å². The first kappa shape index (κ1) is 25.5. The van der Waals surface area contributed by atoms with Crippen molar-refractivity contribution in [1.29, 1.82) is 10.5 Å². The number of anilines is 1. The molecule has 4 rings (SSSR count). The van der Waals surface area contributed by atoms with Gasteiger partial charge in [0.15, 0.2) is 11.6 Å². The summed E-state index contributed by atoms with van der Waals surface area (Å²) in [5, 5.41) is 19.2. The summed E-state index contributed by atoms with van der Waals surface area (Å²) >= 11 is 1.25. The minimum atomic E-state index is -0.742. The van der Waals surface area contributed by atoms with Crippen LogP contribution in [0.1, 0.15) is 61.6 Å². The van der Waals surface area contributed by atoms with E-state index in [4.69, 9.17) is 4.74 Å². The Hall–Kier alpha value is -3.63. The van der Waals surface area contributed by atoms with Crippen LogP contribution >= 0.6 is 11.8 Å². The van der Waals surface area contributed by atoms with Crippen LogP contribution in [-0.2, 0) is 16.0 Å². The van der Waals surface area contributed by atoms with E-state index in [1.807, 2.05) is 0 Å². The molecule has 1 fully saturated rings. The summed E-state index contributed by atoms with van der Waals surface area (Å²) in [6.07, 6.45) is 6.31. The average Bonchev–Trinajstić information content (AvgIpc) is 3.49. The second-order valence-electron chi connectivity index (χ2n) is 9.73. The highest BCUT2D eigenvalue weighted by Gasteiger charge is 2.33. The molecule has 0 spiro atoms. The lowest BCUT2D eigenvalue weighted by Crippen LogP contribution is -2.32. The van der Waals surface area contributed by atoms with Crippen LogP contribution in [0.2, 0.25) is 0 Å². The molecule has 4 heterocycles. The molecule has 9 nitrogen and oxygen atoms in total. The zero-order valence-electron chi connectivity index (χ0n) is 20.7. The van der Waals surface area contributed by atoms with Crippen LogP contribution in [0, 0.1) is 22.7 Å². The van der Waals surface area contributed by atoms with Gasteiger partial charge in [-0.1, -0.05) is 11.8 Å². The molecular weight excluding hydrogens is 476 g/mol. The predicted octanol–water partition coefficient (Wildman–Crippen LogP) is 3.84. The van der Waals surface area contributed by atoms with Crippen LogP contribution in [0.4, 0.5) is 5.69 Å². The molecule has 1 atom stereocenters. The van der Waals surface area contributed by atoms with Gasteiger partial charge in [0, 0.05) is 36.9 Å². The van der Waals surface area contributed by atoms with E-state index in [0.29, 0.717) is 34.1 Å². The van der Waals surface area contributed by atoms with E-state index in [-0.39, 0.29) is 17.2 Å². The molecule has 0 radical (unpaired) electrons. The third-order valence-corrected chi connectivity index (χ3v) is 6.98. The van der Waals surface area contributed by atoms with Gasteiger partial charge in [0.2, 0.25) is 0 Å². The number of ether oxygens (including phenoxy) is 1. The molecule has 1 unspecified atom stereocenters. The van der Waals surface area contributed by atoms with E-state index in [1.54, 1.807) is 49.9 Å². The summed E-state index contributed by atoms with van der Waals surface area (Å²) in [7, 11) is 0. The number of esters is 1. The second kappa shape index (κ2) is 10.5. The standard InChI is InChI=1S/C26H28N6O3S/c1-26(2,3)35-25(34)22-19(12-21(33)24-30-18(14-28)16-36-24)32(23-17(13-27)8-7-9-29-23)15-20(22)31-10-5-4-6-11-31/h7-9,15,18H,4-6,10-12,16H2,1-3H3. The summed E-state index contributed by atoms with van der Waals surface area (Å²) in [4.78, 5) is 37.7. The number of nitrogens with zero attached hydrogens (tertiary/aromatic N) is 6. The van der Waals surface area contributed by atoms with Crippen molar-refractivity contribution < 1.29 is 14.3 Å². The average molecular weight is 505 g/mol. The van der Waals surface area contributed by atoms with Gasteiger partial charge in [-0.3, -0.25) is 9.79 Å². The molecule has 36 heavy (non-hydrogen) atoms. The predicted molar refractivity (Wildman–Crippen MR) is 138 cm³/mol. The third kappa shape index (κ3) is 5.44. The zero-order valence-corrected chi connectivity index (χ0v) is 21.5. The van der Waals surface area contributed by atoms with E-state index < -0.39 is 17.6 Å². The van der Waals surface area contributed by atoms with Gasteiger partial charge in [-0.25, -0.2) is 9.78 Å². The number of carbonyl (C=O) groups is 2. The summed E-state index contributed by atoms with van der Waals surface area (Å²) in [5.41, 5.74) is 0.939. The maximum Gasteiger partial charge on any atom is 0.342 e. The molecule has 2 aliphatic rings. The number of nitriles is 2. The van der Waals surface area contributed by atoms with Gasteiger partial charge in [-0.2, -0.15) is 10.5 Å². The Morgan fingerprint density at radius 1 is 1.22 bits per heavy atom. The first-order chi connectivity index (χ1) is 17.2. The van der Waals surface area contributed by atoms with Crippen molar-refractivity contribution in [3.8, 4) is 18.0 Å². The number of Topliss-reactive ketones (excluding diaryl/α,β-unsaturated/α-hetero) is 1. The van der Waals surface area contributed by atoms with E-state index >= 15 is 0 Å². The molecule has 0 aliphatic carbocycles. The summed E-state index contributed by atoms with van der Waals surface area (Å²) < 4.78 is 7.46.